The predicted octanol–water partition coefficient (Wildman–Crippen LogP) is 2.95. The molecule has 10 heteroatoms. The van der Waals surface area contributed by atoms with Crippen LogP contribution in [0.1, 0.15) is 17.4 Å². The zero-order chi connectivity index (χ0) is 22.0. The molecular weight excluding hydrogens is 418 g/mol. The maximum atomic E-state index is 12.8. The molecule has 2 aromatic carbocycles. The van der Waals surface area contributed by atoms with Crippen LogP contribution in [0.25, 0.3) is 16.7 Å². The van der Waals surface area contributed by atoms with Crippen LogP contribution in [0, 0.1) is 0 Å². The lowest BCUT2D eigenvalue weighted by Crippen LogP contribution is -2.30. The van der Waals surface area contributed by atoms with Crippen LogP contribution in [0.4, 0.5) is 5.69 Å². The van der Waals surface area contributed by atoms with E-state index in [9.17, 15) is 14.4 Å². The van der Waals surface area contributed by atoms with Gasteiger partial charge in [0.25, 0.3) is 5.91 Å². The highest BCUT2D eigenvalue weighted by atomic mass is 32.2. The quantitative estimate of drug-likeness (QED) is 0.315. The standard InChI is InChI=1S/C21H19N5O4S/c1-12(18(27)23-13-8-9-15-16(10-13)25-20(29)24-15)30-19(28)17-11-22-21(31-2)26(17)14-6-4-3-5-7-14/h3-12H,1-2H3,(H,23,27)(H2,24,25,29)/t12-/m0/s1. The highest BCUT2D eigenvalue weighted by Crippen LogP contribution is 2.22. The third kappa shape index (κ3) is 4.24. The predicted molar refractivity (Wildman–Crippen MR) is 118 cm³/mol. The molecule has 0 bridgehead atoms. The lowest BCUT2D eigenvalue weighted by atomic mass is 10.2. The Morgan fingerprint density at radius 1 is 1.13 bits per heavy atom. The van der Waals surface area contributed by atoms with Crippen LogP contribution in [-0.4, -0.2) is 43.8 Å². The SMILES string of the molecule is CSc1ncc(C(=O)O[C@@H](C)C(=O)Nc2ccc3[nH]c(=O)[nH]c3c2)n1-c1ccccc1. The Morgan fingerprint density at radius 3 is 2.61 bits per heavy atom. The minimum atomic E-state index is -1.05. The number of aromatic nitrogens is 4. The number of imidazole rings is 2. The minimum Gasteiger partial charge on any atom is -0.448 e. The van der Waals surface area contributed by atoms with Gasteiger partial charge in [-0.3, -0.25) is 9.36 Å². The first-order valence-electron chi connectivity index (χ1n) is 9.37. The molecule has 0 radical (unpaired) electrons. The van der Waals surface area contributed by atoms with Crippen molar-refractivity contribution in [2.24, 2.45) is 0 Å². The van der Waals surface area contributed by atoms with E-state index < -0.39 is 18.0 Å². The van der Waals surface area contributed by atoms with Crippen molar-refractivity contribution in [2.45, 2.75) is 18.2 Å². The van der Waals surface area contributed by atoms with Gasteiger partial charge in [-0.2, -0.15) is 0 Å². The first kappa shape index (κ1) is 20.5. The second-order valence-corrected chi connectivity index (χ2v) is 7.45. The third-order valence-corrected chi connectivity index (χ3v) is 5.23. The number of hydrogen-bond donors (Lipinski definition) is 3. The van der Waals surface area contributed by atoms with E-state index in [2.05, 4.69) is 20.3 Å². The van der Waals surface area contributed by atoms with Crippen LogP contribution < -0.4 is 11.0 Å². The largest absolute Gasteiger partial charge is 0.448 e. The molecule has 0 spiro atoms. The number of carbonyl (C=O) groups is 2. The van der Waals surface area contributed by atoms with Gasteiger partial charge in [-0.25, -0.2) is 14.6 Å². The number of hydrogen-bond acceptors (Lipinski definition) is 6. The molecule has 158 valence electrons. The van der Waals surface area contributed by atoms with E-state index >= 15 is 0 Å². The fraction of sp³-hybridized carbons (Fsp3) is 0.143. The summed E-state index contributed by atoms with van der Waals surface area (Å²) in [5.41, 5.74) is 2.31. The highest BCUT2D eigenvalue weighted by Gasteiger charge is 2.24. The van der Waals surface area contributed by atoms with E-state index in [0.29, 0.717) is 21.9 Å². The van der Waals surface area contributed by atoms with Gasteiger partial charge < -0.3 is 20.0 Å². The fourth-order valence-corrected chi connectivity index (χ4v) is 3.62. The molecule has 0 fully saturated rings. The number of esters is 1. The van der Waals surface area contributed by atoms with E-state index in [1.807, 2.05) is 36.6 Å². The summed E-state index contributed by atoms with van der Waals surface area (Å²) in [6.07, 6.45) is 2.24. The van der Waals surface area contributed by atoms with Crippen LogP contribution >= 0.6 is 11.8 Å². The second kappa shape index (κ2) is 8.52. The Bertz CT molecular complexity index is 1310. The number of aromatic amines is 2. The first-order chi connectivity index (χ1) is 15.0. The van der Waals surface area contributed by atoms with Gasteiger partial charge in [-0.05, 0) is 43.5 Å². The Morgan fingerprint density at radius 2 is 1.87 bits per heavy atom. The van der Waals surface area contributed by atoms with E-state index in [1.165, 1.54) is 24.9 Å². The zero-order valence-electron chi connectivity index (χ0n) is 16.7. The molecule has 0 aliphatic rings. The lowest BCUT2D eigenvalue weighted by molar-refractivity contribution is -0.123. The summed E-state index contributed by atoms with van der Waals surface area (Å²) in [5.74, 6) is -1.16. The minimum absolute atomic E-state index is 0.224. The zero-order valence-corrected chi connectivity index (χ0v) is 17.5. The Labute approximate surface area is 180 Å². The summed E-state index contributed by atoms with van der Waals surface area (Å²) in [7, 11) is 0. The van der Waals surface area contributed by atoms with Gasteiger partial charge in [-0.1, -0.05) is 30.0 Å². The van der Waals surface area contributed by atoms with Gasteiger partial charge in [0, 0.05) is 11.4 Å². The molecule has 0 aliphatic carbocycles. The molecule has 4 aromatic rings. The molecular formula is C21H19N5O4S. The Kier molecular flexibility index (Phi) is 5.63. The van der Waals surface area contributed by atoms with Crippen molar-refractivity contribution >= 4 is 40.4 Å². The number of amides is 1. The molecule has 1 amide bonds. The summed E-state index contributed by atoms with van der Waals surface area (Å²) in [6, 6.07) is 14.2. The number of anilines is 1. The maximum Gasteiger partial charge on any atom is 0.357 e. The lowest BCUT2D eigenvalue weighted by Gasteiger charge is -2.15. The van der Waals surface area contributed by atoms with Crippen molar-refractivity contribution in [3.63, 3.8) is 0 Å². The van der Waals surface area contributed by atoms with Crippen LogP contribution in [0.5, 0.6) is 0 Å². The Balaban J connectivity index is 1.50. The number of ether oxygens (including phenoxy) is 1. The topological polar surface area (TPSA) is 122 Å². The summed E-state index contributed by atoms with van der Waals surface area (Å²) in [5, 5.41) is 3.31. The molecule has 1 atom stereocenters. The molecule has 0 unspecified atom stereocenters. The first-order valence-corrected chi connectivity index (χ1v) is 10.6. The molecule has 3 N–H and O–H groups in total. The van der Waals surface area contributed by atoms with Crippen molar-refractivity contribution in [1.29, 1.82) is 0 Å². The van der Waals surface area contributed by atoms with Crippen molar-refractivity contribution in [1.82, 2.24) is 19.5 Å². The number of carbonyl (C=O) groups excluding carboxylic acids is 2. The highest BCUT2D eigenvalue weighted by molar-refractivity contribution is 7.98. The summed E-state index contributed by atoms with van der Waals surface area (Å²) in [4.78, 5) is 46.2. The second-order valence-electron chi connectivity index (χ2n) is 6.68. The smallest absolute Gasteiger partial charge is 0.357 e. The van der Waals surface area contributed by atoms with Gasteiger partial charge in [0.05, 0.1) is 17.2 Å². The van der Waals surface area contributed by atoms with Crippen molar-refractivity contribution in [2.75, 3.05) is 11.6 Å². The summed E-state index contributed by atoms with van der Waals surface area (Å²) in [6.45, 7) is 1.49. The molecule has 0 saturated heterocycles. The fourth-order valence-electron chi connectivity index (χ4n) is 3.08. The van der Waals surface area contributed by atoms with Crippen molar-refractivity contribution in [3.05, 3.63) is 70.9 Å². The Hall–Kier alpha value is -3.79. The number of rotatable bonds is 6. The maximum absolute atomic E-state index is 12.8. The van der Waals surface area contributed by atoms with E-state index in [1.54, 1.807) is 22.8 Å². The summed E-state index contributed by atoms with van der Waals surface area (Å²) >= 11 is 1.40. The van der Waals surface area contributed by atoms with Crippen LogP contribution in [0.15, 0.2) is 64.7 Å². The van der Waals surface area contributed by atoms with Gasteiger partial charge in [0.2, 0.25) is 0 Å². The van der Waals surface area contributed by atoms with Gasteiger partial charge in [0.15, 0.2) is 17.0 Å². The average Bonchev–Trinajstić information content (AvgIpc) is 3.36. The molecule has 0 saturated carbocycles. The van der Waals surface area contributed by atoms with Crippen LogP contribution in [0.2, 0.25) is 0 Å². The van der Waals surface area contributed by atoms with E-state index in [4.69, 9.17) is 4.74 Å². The number of para-hydroxylation sites is 1. The molecule has 9 nitrogen and oxygen atoms in total. The monoisotopic (exact) mass is 437 g/mol. The normalized spacial score (nSPS) is 11.9. The van der Waals surface area contributed by atoms with Crippen LogP contribution in [0.3, 0.4) is 0 Å². The third-order valence-electron chi connectivity index (χ3n) is 4.57. The average molecular weight is 437 g/mol. The molecule has 4 rings (SSSR count). The van der Waals surface area contributed by atoms with E-state index in [0.717, 1.165) is 5.69 Å². The van der Waals surface area contributed by atoms with Crippen molar-refractivity contribution < 1.29 is 14.3 Å². The van der Waals surface area contributed by atoms with Gasteiger partial charge in [-0.15, -0.1) is 0 Å². The van der Waals surface area contributed by atoms with Crippen LogP contribution in [-0.2, 0) is 9.53 Å². The number of thioether (sulfide) groups is 1. The molecule has 2 heterocycles. The molecule has 0 aliphatic heterocycles. The number of fused-ring (bicyclic) bond motifs is 1. The number of nitrogens with zero attached hydrogens (tertiary/aromatic N) is 2. The number of benzene rings is 2. The molecule has 31 heavy (non-hydrogen) atoms. The van der Waals surface area contributed by atoms with Crippen molar-refractivity contribution in [3.8, 4) is 5.69 Å². The van der Waals surface area contributed by atoms with Gasteiger partial charge in [0.1, 0.15) is 0 Å². The number of nitrogens with one attached hydrogen (secondary N) is 3. The molecule has 2 aromatic heterocycles. The number of H-pyrrole nitrogens is 2. The summed E-state index contributed by atoms with van der Waals surface area (Å²) < 4.78 is 7.09. The van der Waals surface area contributed by atoms with Gasteiger partial charge >= 0.3 is 11.7 Å². The van der Waals surface area contributed by atoms with E-state index in [-0.39, 0.29) is 11.4 Å².